The highest BCUT2D eigenvalue weighted by Gasteiger charge is 2.28. The molecule has 0 amide bonds. The van der Waals surface area contributed by atoms with Gasteiger partial charge in [-0.05, 0) is 62.4 Å². The van der Waals surface area contributed by atoms with Crippen LogP contribution in [-0.4, -0.2) is 23.4 Å². The number of nitrogens with zero attached hydrogens (tertiary/aromatic N) is 1. The molecular formula is C28H23NO5. The Balaban J connectivity index is 1.43. The highest BCUT2D eigenvalue weighted by atomic mass is 16.5. The molecule has 1 aliphatic heterocycles. The molecule has 1 aromatic heterocycles. The number of hydrogen-bond acceptors (Lipinski definition) is 5. The van der Waals surface area contributed by atoms with Gasteiger partial charge in [-0.15, -0.1) is 0 Å². The van der Waals surface area contributed by atoms with E-state index in [1.54, 1.807) is 43.5 Å². The zero-order valence-electron chi connectivity index (χ0n) is 19.1. The van der Waals surface area contributed by atoms with Gasteiger partial charge in [0.15, 0.2) is 5.76 Å². The predicted molar refractivity (Wildman–Crippen MR) is 130 cm³/mol. The maximum absolute atomic E-state index is 13.0. The number of benzene rings is 3. The molecule has 0 saturated heterocycles. The monoisotopic (exact) mass is 453 g/mol. The fraction of sp³-hybridized carbons (Fsp3) is 0.143. The molecule has 0 saturated carbocycles. The number of Topliss-reactive ketones (excluding diaryl/α,β-unsaturated/α-hetero) is 1. The van der Waals surface area contributed by atoms with E-state index in [1.807, 2.05) is 43.5 Å². The summed E-state index contributed by atoms with van der Waals surface area (Å²) in [5.74, 6) is 0.944. The first-order valence-corrected chi connectivity index (χ1v) is 11.0. The van der Waals surface area contributed by atoms with Crippen molar-refractivity contribution in [2.45, 2.75) is 20.4 Å². The van der Waals surface area contributed by atoms with Crippen LogP contribution >= 0.6 is 0 Å². The quantitative estimate of drug-likeness (QED) is 0.217. The maximum Gasteiger partial charge on any atom is 0.343 e. The fourth-order valence-electron chi connectivity index (χ4n) is 4.03. The number of carbonyl (C=O) groups excluding carboxylic acids is 2. The molecule has 0 spiro atoms. The van der Waals surface area contributed by atoms with E-state index in [-0.39, 0.29) is 11.5 Å². The Morgan fingerprint density at radius 3 is 2.53 bits per heavy atom. The van der Waals surface area contributed by atoms with Crippen molar-refractivity contribution in [3.8, 4) is 17.2 Å². The summed E-state index contributed by atoms with van der Waals surface area (Å²) in [6.07, 6.45) is 3.74. The molecule has 6 heteroatoms. The van der Waals surface area contributed by atoms with Gasteiger partial charge < -0.3 is 18.8 Å². The van der Waals surface area contributed by atoms with Crippen LogP contribution in [0, 0.1) is 6.92 Å². The second-order valence-corrected chi connectivity index (χ2v) is 8.11. The number of methoxy groups -OCH3 is 1. The first-order valence-electron chi connectivity index (χ1n) is 11.0. The third-order valence-corrected chi connectivity index (χ3v) is 5.89. The largest absolute Gasteiger partial charge is 0.497 e. The van der Waals surface area contributed by atoms with Crippen LogP contribution in [0.5, 0.6) is 17.2 Å². The van der Waals surface area contributed by atoms with Gasteiger partial charge in [-0.1, -0.05) is 17.7 Å². The summed E-state index contributed by atoms with van der Waals surface area (Å²) in [5.41, 5.74) is 3.84. The standard InChI is InChI=1S/C28H23NO5/c1-4-29-16-19(23-14-20(32-3)10-12-24(23)29)13-26-27(30)22-11-9-21(15-25(22)34-26)33-28(31)18-7-5-17(2)6-8-18/h5-16H,4H2,1-3H3. The van der Waals surface area contributed by atoms with Crippen LogP contribution in [0.3, 0.4) is 0 Å². The van der Waals surface area contributed by atoms with Crippen LogP contribution in [0.25, 0.3) is 17.0 Å². The number of esters is 1. The average Bonchev–Trinajstić information content (AvgIpc) is 3.35. The topological polar surface area (TPSA) is 66.8 Å². The van der Waals surface area contributed by atoms with Gasteiger partial charge >= 0.3 is 5.97 Å². The molecule has 170 valence electrons. The van der Waals surface area contributed by atoms with E-state index in [0.29, 0.717) is 22.6 Å². The zero-order valence-corrected chi connectivity index (χ0v) is 19.1. The molecule has 3 aromatic carbocycles. The van der Waals surface area contributed by atoms with Crippen molar-refractivity contribution in [3.05, 3.63) is 94.9 Å². The Morgan fingerprint density at radius 2 is 1.79 bits per heavy atom. The molecule has 34 heavy (non-hydrogen) atoms. The minimum Gasteiger partial charge on any atom is -0.497 e. The van der Waals surface area contributed by atoms with Gasteiger partial charge in [0.1, 0.15) is 17.2 Å². The molecule has 5 rings (SSSR count). The summed E-state index contributed by atoms with van der Waals surface area (Å²) >= 11 is 0. The minimum absolute atomic E-state index is 0.216. The van der Waals surface area contributed by atoms with E-state index in [4.69, 9.17) is 14.2 Å². The van der Waals surface area contributed by atoms with Gasteiger partial charge in [0.2, 0.25) is 5.78 Å². The molecule has 4 aromatic rings. The van der Waals surface area contributed by atoms with Crippen LogP contribution in [0.15, 0.2) is 72.6 Å². The fourth-order valence-corrected chi connectivity index (χ4v) is 4.03. The van der Waals surface area contributed by atoms with E-state index in [1.165, 1.54) is 0 Å². The van der Waals surface area contributed by atoms with E-state index < -0.39 is 5.97 Å². The zero-order chi connectivity index (χ0) is 23.8. The van der Waals surface area contributed by atoms with Gasteiger partial charge in [0.05, 0.1) is 18.2 Å². The Labute approximate surface area is 197 Å². The van der Waals surface area contributed by atoms with Crippen molar-refractivity contribution < 1.29 is 23.8 Å². The Bertz CT molecular complexity index is 1460. The summed E-state index contributed by atoms with van der Waals surface area (Å²) in [6.45, 7) is 4.80. The van der Waals surface area contributed by atoms with Crippen molar-refractivity contribution in [2.75, 3.05) is 7.11 Å². The number of hydrogen-bond donors (Lipinski definition) is 0. The molecule has 1 aliphatic rings. The van der Waals surface area contributed by atoms with E-state index in [9.17, 15) is 9.59 Å². The smallest absolute Gasteiger partial charge is 0.343 e. The van der Waals surface area contributed by atoms with Crippen molar-refractivity contribution in [3.63, 3.8) is 0 Å². The van der Waals surface area contributed by atoms with Crippen LogP contribution in [0.1, 0.15) is 38.8 Å². The lowest BCUT2D eigenvalue weighted by Gasteiger charge is -2.06. The van der Waals surface area contributed by atoms with E-state index in [0.717, 1.165) is 34.3 Å². The number of aryl methyl sites for hydroxylation is 2. The third kappa shape index (κ3) is 3.83. The molecule has 0 radical (unpaired) electrons. The second-order valence-electron chi connectivity index (χ2n) is 8.11. The molecule has 0 N–H and O–H groups in total. The number of ketones is 1. The molecule has 0 aliphatic carbocycles. The van der Waals surface area contributed by atoms with Gasteiger partial charge in [-0.3, -0.25) is 4.79 Å². The molecule has 0 atom stereocenters. The SMILES string of the molecule is CCn1cc(C=C2Oc3cc(OC(=O)c4ccc(C)cc4)ccc3C2=O)c2cc(OC)ccc21. The van der Waals surface area contributed by atoms with Gasteiger partial charge in [0.25, 0.3) is 0 Å². The van der Waals surface area contributed by atoms with Crippen molar-refractivity contribution in [1.29, 1.82) is 0 Å². The highest BCUT2D eigenvalue weighted by molar-refractivity contribution is 6.15. The summed E-state index contributed by atoms with van der Waals surface area (Å²) in [6, 6.07) is 17.8. The summed E-state index contributed by atoms with van der Waals surface area (Å²) in [7, 11) is 1.62. The van der Waals surface area contributed by atoms with Crippen molar-refractivity contribution >= 4 is 28.7 Å². The molecular weight excluding hydrogens is 430 g/mol. The summed E-state index contributed by atoms with van der Waals surface area (Å²) in [4.78, 5) is 25.4. The van der Waals surface area contributed by atoms with Gasteiger partial charge in [-0.25, -0.2) is 4.79 Å². The predicted octanol–water partition coefficient (Wildman–Crippen LogP) is 5.81. The number of rotatable bonds is 5. The molecule has 0 bridgehead atoms. The maximum atomic E-state index is 13.0. The summed E-state index contributed by atoms with van der Waals surface area (Å²) < 4.78 is 18.9. The molecule has 2 heterocycles. The van der Waals surface area contributed by atoms with Crippen LogP contribution < -0.4 is 14.2 Å². The average molecular weight is 453 g/mol. The number of allylic oxidation sites excluding steroid dienone is 1. The number of fused-ring (bicyclic) bond motifs is 2. The second kappa shape index (κ2) is 8.56. The van der Waals surface area contributed by atoms with Crippen LogP contribution in [0.2, 0.25) is 0 Å². The lowest BCUT2D eigenvalue weighted by molar-refractivity contribution is 0.0734. The Kier molecular flexibility index (Phi) is 5.42. The molecule has 0 unspecified atom stereocenters. The third-order valence-electron chi connectivity index (χ3n) is 5.89. The normalized spacial score (nSPS) is 13.7. The van der Waals surface area contributed by atoms with Crippen LogP contribution in [-0.2, 0) is 6.54 Å². The molecule has 0 fully saturated rings. The Hall–Kier alpha value is -4.32. The van der Waals surface area contributed by atoms with Crippen molar-refractivity contribution in [1.82, 2.24) is 4.57 Å². The lowest BCUT2D eigenvalue weighted by Crippen LogP contribution is -2.08. The lowest BCUT2D eigenvalue weighted by atomic mass is 10.1. The van der Waals surface area contributed by atoms with Crippen molar-refractivity contribution in [2.24, 2.45) is 0 Å². The highest BCUT2D eigenvalue weighted by Crippen LogP contribution is 2.36. The number of aromatic nitrogens is 1. The molecule has 6 nitrogen and oxygen atoms in total. The number of ether oxygens (including phenoxy) is 3. The van der Waals surface area contributed by atoms with E-state index in [2.05, 4.69) is 11.5 Å². The van der Waals surface area contributed by atoms with Gasteiger partial charge in [-0.2, -0.15) is 0 Å². The van der Waals surface area contributed by atoms with Crippen LogP contribution in [0.4, 0.5) is 0 Å². The van der Waals surface area contributed by atoms with E-state index >= 15 is 0 Å². The first kappa shape index (κ1) is 21.5. The Morgan fingerprint density at radius 1 is 1.03 bits per heavy atom. The number of carbonyl (C=O) groups is 2. The first-order chi connectivity index (χ1) is 16.5. The summed E-state index contributed by atoms with van der Waals surface area (Å²) in [5, 5.41) is 0.966. The minimum atomic E-state index is -0.471. The van der Waals surface area contributed by atoms with Gasteiger partial charge in [0, 0.05) is 35.3 Å².